The van der Waals surface area contributed by atoms with Crippen LogP contribution < -0.4 is 10.1 Å². The van der Waals surface area contributed by atoms with Crippen molar-refractivity contribution in [1.82, 2.24) is 15.0 Å². The van der Waals surface area contributed by atoms with Crippen LogP contribution >= 0.6 is 23.4 Å². The van der Waals surface area contributed by atoms with E-state index in [1.165, 1.54) is 12.9 Å². The summed E-state index contributed by atoms with van der Waals surface area (Å²) in [4.78, 5) is 11.9. The van der Waals surface area contributed by atoms with E-state index in [9.17, 15) is 0 Å². The minimum Gasteiger partial charge on any atom is -0.467 e. The van der Waals surface area contributed by atoms with Gasteiger partial charge in [-0.15, -0.1) is 0 Å². The highest BCUT2D eigenvalue weighted by molar-refractivity contribution is 7.99. The standard InChI is InChI=1S/C8H11ClN4OS/c1-14-8-12-6(9)11-7(13-8)10-5-2-3-15-4-5/h5H,2-4H2,1H3,(H,10,11,12,13). The molecule has 0 spiro atoms. The summed E-state index contributed by atoms with van der Waals surface area (Å²) >= 11 is 7.64. The van der Waals surface area contributed by atoms with Gasteiger partial charge in [-0.25, -0.2) is 0 Å². The van der Waals surface area contributed by atoms with Gasteiger partial charge in [0.2, 0.25) is 11.2 Å². The van der Waals surface area contributed by atoms with Gasteiger partial charge in [-0.05, 0) is 23.8 Å². The molecule has 1 N–H and O–H groups in total. The molecular formula is C8H11ClN4OS. The van der Waals surface area contributed by atoms with Gasteiger partial charge >= 0.3 is 6.01 Å². The first kappa shape index (κ1) is 10.8. The lowest BCUT2D eigenvalue weighted by Crippen LogP contribution is -2.20. The first-order valence-corrected chi connectivity index (χ1v) is 6.11. The van der Waals surface area contributed by atoms with E-state index in [0.717, 1.165) is 12.2 Å². The monoisotopic (exact) mass is 246 g/mol. The smallest absolute Gasteiger partial charge is 0.322 e. The van der Waals surface area contributed by atoms with Crippen LogP contribution in [-0.4, -0.2) is 39.6 Å². The van der Waals surface area contributed by atoms with Gasteiger partial charge in [0.25, 0.3) is 0 Å². The molecule has 2 heterocycles. The highest BCUT2D eigenvalue weighted by Gasteiger charge is 2.16. The van der Waals surface area contributed by atoms with Gasteiger partial charge in [-0.2, -0.15) is 26.7 Å². The van der Waals surface area contributed by atoms with E-state index in [0.29, 0.717) is 12.0 Å². The number of methoxy groups -OCH3 is 1. The maximum Gasteiger partial charge on any atom is 0.322 e. The van der Waals surface area contributed by atoms with Crippen molar-refractivity contribution >= 4 is 29.3 Å². The Labute approximate surface area is 97.0 Å². The van der Waals surface area contributed by atoms with E-state index >= 15 is 0 Å². The molecule has 0 aromatic carbocycles. The molecule has 1 aromatic rings. The highest BCUT2D eigenvalue weighted by Crippen LogP contribution is 2.20. The molecular weight excluding hydrogens is 236 g/mol. The molecule has 1 aromatic heterocycles. The molecule has 5 nitrogen and oxygen atoms in total. The molecule has 1 unspecified atom stereocenters. The SMILES string of the molecule is COc1nc(Cl)nc(NC2CCSC2)n1. The van der Waals surface area contributed by atoms with E-state index in [4.69, 9.17) is 16.3 Å². The average Bonchev–Trinajstić information content (AvgIpc) is 2.69. The molecule has 82 valence electrons. The molecule has 2 rings (SSSR count). The predicted molar refractivity (Wildman–Crippen MR) is 60.7 cm³/mol. The zero-order valence-corrected chi connectivity index (χ0v) is 9.81. The minimum absolute atomic E-state index is 0.148. The van der Waals surface area contributed by atoms with E-state index in [1.807, 2.05) is 11.8 Å². The van der Waals surface area contributed by atoms with Crippen molar-refractivity contribution in [3.8, 4) is 6.01 Å². The van der Waals surface area contributed by atoms with Crippen molar-refractivity contribution in [2.24, 2.45) is 0 Å². The first-order chi connectivity index (χ1) is 7.28. The Bertz CT molecular complexity index is 345. The minimum atomic E-state index is 0.148. The summed E-state index contributed by atoms with van der Waals surface area (Å²) in [5, 5.41) is 3.36. The van der Waals surface area contributed by atoms with E-state index in [2.05, 4.69) is 20.3 Å². The number of halogens is 1. The van der Waals surface area contributed by atoms with Crippen molar-refractivity contribution in [3.63, 3.8) is 0 Å². The van der Waals surface area contributed by atoms with Gasteiger partial charge in [0, 0.05) is 11.8 Å². The maximum atomic E-state index is 5.73. The summed E-state index contributed by atoms with van der Waals surface area (Å²) in [5.74, 6) is 2.73. The topological polar surface area (TPSA) is 59.9 Å². The van der Waals surface area contributed by atoms with Crippen LogP contribution in [0.25, 0.3) is 0 Å². The number of anilines is 1. The second-order valence-electron chi connectivity index (χ2n) is 3.12. The summed E-state index contributed by atoms with van der Waals surface area (Å²) in [7, 11) is 1.50. The molecule has 1 saturated heterocycles. The van der Waals surface area contributed by atoms with Gasteiger partial charge in [0.15, 0.2) is 0 Å². The Kier molecular flexibility index (Phi) is 3.48. The number of thioether (sulfide) groups is 1. The third kappa shape index (κ3) is 2.85. The third-order valence-electron chi connectivity index (χ3n) is 2.03. The molecule has 0 aliphatic carbocycles. The van der Waals surface area contributed by atoms with Crippen molar-refractivity contribution < 1.29 is 4.74 Å². The molecule has 0 saturated carbocycles. The zero-order valence-electron chi connectivity index (χ0n) is 8.23. The summed E-state index contributed by atoms with van der Waals surface area (Å²) in [6.07, 6.45) is 1.12. The third-order valence-corrected chi connectivity index (χ3v) is 3.36. The van der Waals surface area contributed by atoms with Crippen LogP contribution in [0.1, 0.15) is 6.42 Å². The Morgan fingerprint density at radius 3 is 3.00 bits per heavy atom. The second kappa shape index (κ2) is 4.85. The van der Waals surface area contributed by atoms with Crippen LogP contribution in [0.15, 0.2) is 0 Å². The number of nitrogens with one attached hydrogen (secondary N) is 1. The number of rotatable bonds is 3. The maximum absolute atomic E-state index is 5.73. The Hall–Kier alpha value is -0.750. The Morgan fingerprint density at radius 1 is 1.47 bits per heavy atom. The number of aromatic nitrogens is 3. The van der Waals surface area contributed by atoms with Gasteiger partial charge in [0.05, 0.1) is 7.11 Å². The molecule has 1 atom stereocenters. The van der Waals surface area contributed by atoms with Crippen LogP contribution in [0.3, 0.4) is 0 Å². The fraction of sp³-hybridized carbons (Fsp3) is 0.625. The summed E-state index contributed by atoms with van der Waals surface area (Å²) in [6, 6.07) is 0.654. The van der Waals surface area contributed by atoms with Gasteiger partial charge in [-0.1, -0.05) is 0 Å². The normalized spacial score (nSPS) is 20.3. The van der Waals surface area contributed by atoms with Crippen molar-refractivity contribution in [3.05, 3.63) is 5.28 Å². The fourth-order valence-electron chi connectivity index (χ4n) is 1.32. The lowest BCUT2D eigenvalue weighted by atomic mass is 10.3. The lowest BCUT2D eigenvalue weighted by Gasteiger charge is -2.11. The van der Waals surface area contributed by atoms with Crippen LogP contribution in [-0.2, 0) is 0 Å². The second-order valence-corrected chi connectivity index (χ2v) is 4.61. The van der Waals surface area contributed by atoms with Crippen LogP contribution in [0, 0.1) is 0 Å². The van der Waals surface area contributed by atoms with Gasteiger partial charge < -0.3 is 10.1 Å². The number of hydrogen-bond donors (Lipinski definition) is 1. The number of nitrogens with zero attached hydrogens (tertiary/aromatic N) is 3. The summed E-state index contributed by atoms with van der Waals surface area (Å²) in [5.41, 5.74) is 0. The van der Waals surface area contributed by atoms with E-state index in [1.54, 1.807) is 0 Å². The van der Waals surface area contributed by atoms with E-state index in [-0.39, 0.29) is 11.3 Å². The Morgan fingerprint density at radius 2 is 2.33 bits per heavy atom. The summed E-state index contributed by atoms with van der Waals surface area (Å²) < 4.78 is 4.91. The molecule has 1 fully saturated rings. The Balaban J connectivity index is 2.09. The highest BCUT2D eigenvalue weighted by atomic mass is 35.5. The van der Waals surface area contributed by atoms with Crippen LogP contribution in [0.5, 0.6) is 6.01 Å². The quantitative estimate of drug-likeness (QED) is 0.871. The predicted octanol–water partition coefficient (Wildman–Crippen LogP) is 1.45. The lowest BCUT2D eigenvalue weighted by molar-refractivity contribution is 0.378. The van der Waals surface area contributed by atoms with Crippen molar-refractivity contribution in [2.75, 3.05) is 23.9 Å². The van der Waals surface area contributed by atoms with Crippen LogP contribution in [0.4, 0.5) is 5.95 Å². The molecule has 1 aliphatic rings. The van der Waals surface area contributed by atoms with E-state index < -0.39 is 0 Å². The molecule has 15 heavy (non-hydrogen) atoms. The molecule has 7 heteroatoms. The van der Waals surface area contributed by atoms with Gasteiger partial charge in [0.1, 0.15) is 0 Å². The molecule has 0 radical (unpaired) electrons. The van der Waals surface area contributed by atoms with Crippen LogP contribution in [0.2, 0.25) is 5.28 Å². The average molecular weight is 247 g/mol. The summed E-state index contributed by atoms with van der Waals surface area (Å²) in [6.45, 7) is 0. The first-order valence-electron chi connectivity index (χ1n) is 4.58. The molecule has 0 bridgehead atoms. The van der Waals surface area contributed by atoms with Crippen molar-refractivity contribution in [2.45, 2.75) is 12.5 Å². The van der Waals surface area contributed by atoms with Gasteiger partial charge in [-0.3, -0.25) is 0 Å². The fourth-order valence-corrected chi connectivity index (χ4v) is 2.62. The van der Waals surface area contributed by atoms with Crippen molar-refractivity contribution in [1.29, 1.82) is 0 Å². The number of hydrogen-bond acceptors (Lipinski definition) is 6. The molecule has 0 amide bonds. The largest absolute Gasteiger partial charge is 0.467 e. The molecule has 1 aliphatic heterocycles. The zero-order chi connectivity index (χ0) is 10.7. The number of ether oxygens (including phenoxy) is 1.